The highest BCUT2D eigenvalue weighted by molar-refractivity contribution is 7.84. The van der Waals surface area contributed by atoms with Gasteiger partial charge in [-0.05, 0) is 48.9 Å². The normalized spacial score (nSPS) is 24.5. The maximum Gasteiger partial charge on any atom is 0.333 e. The second kappa shape index (κ2) is 10.7. The first-order chi connectivity index (χ1) is 17.6. The number of ether oxygens (including phenoxy) is 1. The Balaban J connectivity index is 1.35. The zero-order valence-electron chi connectivity index (χ0n) is 19.6. The summed E-state index contributed by atoms with van der Waals surface area (Å²) in [7, 11) is -3.97. The molecule has 4 N–H and O–H groups in total. The van der Waals surface area contributed by atoms with Gasteiger partial charge >= 0.3 is 10.3 Å². The molecule has 0 spiro atoms. The van der Waals surface area contributed by atoms with Crippen molar-refractivity contribution in [3.63, 3.8) is 0 Å². The van der Waals surface area contributed by atoms with Gasteiger partial charge < -0.3 is 15.2 Å². The topological polar surface area (TPSA) is 137 Å². The smallest absolute Gasteiger partial charge is 0.333 e. The van der Waals surface area contributed by atoms with Crippen LogP contribution in [0.2, 0.25) is 9.36 Å². The molecule has 1 saturated heterocycles. The van der Waals surface area contributed by atoms with Crippen LogP contribution in [0, 0.1) is 5.92 Å². The van der Waals surface area contributed by atoms with Crippen molar-refractivity contribution >= 4 is 50.7 Å². The lowest BCUT2D eigenvalue weighted by atomic mass is 9.81. The molecule has 5 rings (SSSR count). The Morgan fingerprint density at radius 1 is 1.32 bits per heavy atom. The molecule has 2 aliphatic rings. The van der Waals surface area contributed by atoms with Crippen LogP contribution in [0.4, 0.5) is 5.82 Å². The quantitative estimate of drug-likeness (QED) is 0.336. The number of anilines is 1. The van der Waals surface area contributed by atoms with Gasteiger partial charge in [0.25, 0.3) is 0 Å². The van der Waals surface area contributed by atoms with E-state index in [-0.39, 0.29) is 18.6 Å². The van der Waals surface area contributed by atoms with Crippen molar-refractivity contribution in [1.29, 1.82) is 0 Å². The van der Waals surface area contributed by atoms with Crippen LogP contribution in [0.3, 0.4) is 0 Å². The van der Waals surface area contributed by atoms with E-state index in [0.29, 0.717) is 38.6 Å². The number of benzene rings is 1. The minimum Gasteiger partial charge on any atom is -0.383 e. The molecule has 3 heterocycles. The third kappa shape index (κ3) is 5.79. The van der Waals surface area contributed by atoms with Gasteiger partial charge in [0.15, 0.2) is 0 Å². The molecule has 3 aromatic rings. The Morgan fingerprint density at radius 2 is 2.14 bits per heavy atom. The van der Waals surface area contributed by atoms with E-state index in [9.17, 15) is 13.5 Å². The highest BCUT2D eigenvalue weighted by atomic mass is 35.5. The first kappa shape index (κ1) is 26.8. The molecule has 2 aromatic heterocycles. The zero-order valence-corrected chi connectivity index (χ0v) is 22.8. The predicted molar refractivity (Wildman–Crippen MR) is 142 cm³/mol. The van der Waals surface area contributed by atoms with E-state index in [1.54, 1.807) is 6.20 Å². The summed E-state index contributed by atoms with van der Waals surface area (Å²) in [6, 6.07) is 9.44. The Bertz CT molecular complexity index is 1380. The fourth-order valence-corrected chi connectivity index (χ4v) is 7.00. The van der Waals surface area contributed by atoms with Crippen LogP contribution in [0.1, 0.15) is 53.4 Å². The van der Waals surface area contributed by atoms with Gasteiger partial charge in [-0.15, -0.1) is 11.3 Å². The molecule has 13 heteroatoms. The SMILES string of the molecule is NS(=O)(=O)OC[C@@H]1CC[C@H](Nc2ncncc2C(O)c2cc(C3(c4cccc(Cl)c4)CCO3)c(Cl)s2)C1. The fraction of sp³-hybridized carbons (Fsp3) is 0.417. The van der Waals surface area contributed by atoms with E-state index in [1.165, 1.54) is 17.7 Å². The maximum atomic E-state index is 11.4. The van der Waals surface area contributed by atoms with Crippen molar-refractivity contribution in [2.24, 2.45) is 11.1 Å². The van der Waals surface area contributed by atoms with Gasteiger partial charge in [0.05, 0.1) is 17.6 Å². The standard InChI is InChI=1S/C24H26Cl2N4O5S2/c25-16-3-1-2-15(9-16)24(6-7-34-24)19-10-20(36-22(19)26)21(31)18-11-28-13-29-23(18)30-17-5-4-14(8-17)12-35-37(27,32)33/h1-3,9-11,13-14,17,21,31H,4-8,12H2,(H2,27,32,33)(H,28,29,30)/t14-,17+,21?,24?/m1/s1. The molecule has 37 heavy (non-hydrogen) atoms. The average Bonchev–Trinajstić information content (AvgIpc) is 3.43. The monoisotopic (exact) mass is 584 g/mol. The second-order valence-corrected chi connectivity index (χ2v) is 12.6. The van der Waals surface area contributed by atoms with E-state index < -0.39 is 22.0 Å². The lowest BCUT2D eigenvalue weighted by molar-refractivity contribution is -0.123. The molecule has 9 nitrogen and oxygen atoms in total. The lowest BCUT2D eigenvalue weighted by Crippen LogP contribution is -2.41. The van der Waals surface area contributed by atoms with Crippen molar-refractivity contribution in [3.8, 4) is 0 Å². The van der Waals surface area contributed by atoms with Crippen LogP contribution >= 0.6 is 34.5 Å². The van der Waals surface area contributed by atoms with Crippen LogP contribution in [0.25, 0.3) is 0 Å². The van der Waals surface area contributed by atoms with Gasteiger partial charge in [0.1, 0.15) is 23.9 Å². The Labute approximate surface area is 229 Å². The van der Waals surface area contributed by atoms with Crippen molar-refractivity contribution in [3.05, 3.63) is 73.8 Å². The summed E-state index contributed by atoms with van der Waals surface area (Å²) in [5.41, 5.74) is 1.52. The van der Waals surface area contributed by atoms with Crippen LogP contribution < -0.4 is 10.5 Å². The lowest BCUT2D eigenvalue weighted by Gasteiger charge is -2.42. The molecule has 1 aliphatic carbocycles. The molecule has 0 radical (unpaired) electrons. The number of aliphatic hydroxyl groups is 1. The number of aliphatic hydroxyl groups excluding tert-OH is 1. The summed E-state index contributed by atoms with van der Waals surface area (Å²) in [5, 5.41) is 20.3. The van der Waals surface area contributed by atoms with Crippen molar-refractivity contribution in [2.75, 3.05) is 18.5 Å². The van der Waals surface area contributed by atoms with E-state index in [2.05, 4.69) is 15.3 Å². The molecule has 2 fully saturated rings. The summed E-state index contributed by atoms with van der Waals surface area (Å²) >= 11 is 14.2. The molecule has 0 amide bonds. The molecule has 0 bridgehead atoms. The summed E-state index contributed by atoms with van der Waals surface area (Å²) in [4.78, 5) is 9.13. The highest BCUT2D eigenvalue weighted by Crippen LogP contribution is 2.50. The molecular weight excluding hydrogens is 559 g/mol. The number of rotatable bonds is 9. The minimum absolute atomic E-state index is 0.0342. The molecular formula is C24H26Cl2N4O5S2. The fourth-order valence-electron chi connectivity index (χ4n) is 4.99. The number of thiophene rings is 1. The van der Waals surface area contributed by atoms with Gasteiger partial charge in [-0.3, -0.25) is 4.18 Å². The number of nitrogens with two attached hydrogens (primary N) is 1. The summed E-state index contributed by atoms with van der Waals surface area (Å²) < 4.78 is 33.6. The number of hydrogen-bond donors (Lipinski definition) is 3. The number of aromatic nitrogens is 2. The summed E-state index contributed by atoms with van der Waals surface area (Å²) in [6.07, 6.45) is 4.99. The first-order valence-corrected chi connectivity index (χ1v) is 14.8. The zero-order chi connectivity index (χ0) is 26.2. The Kier molecular flexibility index (Phi) is 7.77. The number of hydrogen-bond acceptors (Lipinski definition) is 9. The number of halogens is 2. The summed E-state index contributed by atoms with van der Waals surface area (Å²) in [5.74, 6) is 0.561. The van der Waals surface area contributed by atoms with Gasteiger partial charge in [0.2, 0.25) is 0 Å². The van der Waals surface area contributed by atoms with Crippen LogP contribution in [0.15, 0.2) is 42.9 Å². The van der Waals surface area contributed by atoms with E-state index in [1.807, 2.05) is 30.3 Å². The van der Waals surface area contributed by atoms with Gasteiger partial charge in [-0.2, -0.15) is 8.42 Å². The largest absolute Gasteiger partial charge is 0.383 e. The highest BCUT2D eigenvalue weighted by Gasteiger charge is 2.45. The molecule has 1 aromatic carbocycles. The molecule has 1 saturated carbocycles. The van der Waals surface area contributed by atoms with E-state index in [4.69, 9.17) is 37.3 Å². The summed E-state index contributed by atoms with van der Waals surface area (Å²) in [6.45, 7) is 0.644. The Hall–Kier alpha value is -1.83. The van der Waals surface area contributed by atoms with Crippen LogP contribution in [0.5, 0.6) is 0 Å². The van der Waals surface area contributed by atoms with Crippen LogP contribution in [-0.4, -0.2) is 42.7 Å². The van der Waals surface area contributed by atoms with E-state index >= 15 is 0 Å². The molecule has 1 aliphatic heterocycles. The molecule has 198 valence electrons. The third-order valence-corrected chi connectivity index (χ3v) is 9.00. The number of nitrogens with one attached hydrogen (secondary N) is 1. The van der Waals surface area contributed by atoms with Crippen molar-refractivity contribution < 1.29 is 22.4 Å². The van der Waals surface area contributed by atoms with Crippen molar-refractivity contribution in [2.45, 2.75) is 43.4 Å². The average molecular weight is 586 g/mol. The van der Waals surface area contributed by atoms with Gasteiger partial charge in [-0.25, -0.2) is 15.1 Å². The third-order valence-electron chi connectivity index (χ3n) is 6.89. The molecule has 2 unspecified atom stereocenters. The van der Waals surface area contributed by atoms with Gasteiger partial charge in [0, 0.05) is 39.7 Å². The van der Waals surface area contributed by atoms with Gasteiger partial charge in [-0.1, -0.05) is 35.3 Å². The predicted octanol–water partition coefficient (Wildman–Crippen LogP) is 4.39. The first-order valence-electron chi connectivity index (χ1n) is 11.8. The maximum absolute atomic E-state index is 11.4. The Morgan fingerprint density at radius 3 is 2.84 bits per heavy atom. The minimum atomic E-state index is -3.97. The molecule has 4 atom stereocenters. The van der Waals surface area contributed by atoms with Crippen LogP contribution in [-0.2, 0) is 24.8 Å². The second-order valence-electron chi connectivity index (χ2n) is 9.30. The van der Waals surface area contributed by atoms with Crippen molar-refractivity contribution in [1.82, 2.24) is 9.97 Å². The number of nitrogens with zero attached hydrogens (tertiary/aromatic N) is 2. The van der Waals surface area contributed by atoms with E-state index in [0.717, 1.165) is 30.4 Å².